The first-order chi connectivity index (χ1) is 10.3. The van der Waals surface area contributed by atoms with Gasteiger partial charge in [-0.1, -0.05) is 0 Å². The Bertz CT molecular complexity index is 810. The second kappa shape index (κ2) is 4.72. The Labute approximate surface area is 121 Å². The molecule has 0 aromatic carbocycles. The van der Waals surface area contributed by atoms with Gasteiger partial charge in [-0.15, -0.1) is 0 Å². The van der Waals surface area contributed by atoms with Crippen LogP contribution >= 0.6 is 0 Å². The molecule has 2 aromatic heterocycles. The minimum absolute atomic E-state index is 0.104. The topological polar surface area (TPSA) is 74.9 Å². The van der Waals surface area contributed by atoms with Crippen LogP contribution in [0.25, 0.3) is 5.65 Å². The van der Waals surface area contributed by atoms with Gasteiger partial charge in [0.2, 0.25) is 0 Å². The van der Waals surface area contributed by atoms with Crippen molar-refractivity contribution in [2.45, 2.75) is 12.1 Å². The predicted molar refractivity (Wildman–Crippen MR) is 68.8 cm³/mol. The molecule has 0 bridgehead atoms. The summed E-state index contributed by atoms with van der Waals surface area (Å²) in [6, 6.07) is 3.43. The molecule has 0 saturated carbocycles. The van der Waals surface area contributed by atoms with Gasteiger partial charge in [0.25, 0.3) is 5.56 Å². The smallest absolute Gasteiger partial charge is 0.433 e. The number of hydrogen-bond donors (Lipinski definition) is 1. The Kier molecular flexibility index (Phi) is 3.08. The molecular formula is C13H10F3N3O3. The molecule has 0 atom stereocenters. The van der Waals surface area contributed by atoms with Crippen LogP contribution in [-0.4, -0.2) is 38.6 Å². The number of carboxylic acid groups (broad SMARTS) is 1. The first-order valence-corrected chi connectivity index (χ1v) is 6.34. The zero-order valence-electron chi connectivity index (χ0n) is 11.0. The number of fused-ring (bicyclic) bond motifs is 1. The van der Waals surface area contributed by atoms with Crippen LogP contribution in [0.3, 0.4) is 0 Å². The molecule has 6 nitrogen and oxygen atoms in total. The van der Waals surface area contributed by atoms with E-state index in [0.717, 1.165) is 4.40 Å². The molecule has 116 valence electrons. The van der Waals surface area contributed by atoms with Crippen LogP contribution < -0.4 is 5.56 Å². The van der Waals surface area contributed by atoms with E-state index >= 15 is 0 Å². The zero-order valence-corrected chi connectivity index (χ0v) is 11.0. The summed E-state index contributed by atoms with van der Waals surface area (Å²) in [5.74, 6) is -0.104. The van der Waals surface area contributed by atoms with Crippen LogP contribution in [0.15, 0.2) is 29.2 Å². The molecule has 1 aliphatic rings. The molecule has 0 aliphatic carbocycles. The van der Waals surface area contributed by atoms with Crippen LogP contribution in [0.5, 0.6) is 0 Å². The summed E-state index contributed by atoms with van der Waals surface area (Å²) in [6.45, 7) is 0.545. The van der Waals surface area contributed by atoms with Crippen molar-refractivity contribution in [2.75, 3.05) is 13.1 Å². The lowest BCUT2D eigenvalue weighted by molar-refractivity contribution is -0.141. The number of aromatic nitrogens is 2. The maximum Gasteiger partial charge on any atom is 0.433 e. The minimum atomic E-state index is -4.69. The number of halogens is 3. The molecule has 1 amide bonds. The summed E-state index contributed by atoms with van der Waals surface area (Å²) in [4.78, 5) is 27.1. The van der Waals surface area contributed by atoms with Crippen molar-refractivity contribution in [1.82, 2.24) is 14.3 Å². The predicted octanol–water partition coefficient (Wildman–Crippen LogP) is 1.79. The highest BCUT2D eigenvalue weighted by Gasteiger charge is 2.34. The van der Waals surface area contributed by atoms with Gasteiger partial charge in [0.1, 0.15) is 5.65 Å². The molecule has 1 saturated heterocycles. The van der Waals surface area contributed by atoms with E-state index in [9.17, 15) is 22.8 Å². The molecule has 1 N–H and O–H groups in total. The van der Waals surface area contributed by atoms with Crippen LogP contribution in [0.4, 0.5) is 18.0 Å². The van der Waals surface area contributed by atoms with Crippen LogP contribution in [-0.2, 0) is 6.18 Å². The Hall–Kier alpha value is -2.58. The summed E-state index contributed by atoms with van der Waals surface area (Å²) in [6.07, 6.45) is -4.38. The van der Waals surface area contributed by atoms with Gasteiger partial charge < -0.3 is 10.0 Å². The molecule has 22 heavy (non-hydrogen) atoms. The van der Waals surface area contributed by atoms with Gasteiger partial charge in [-0.2, -0.15) is 13.2 Å². The fourth-order valence-electron chi connectivity index (χ4n) is 2.36. The van der Waals surface area contributed by atoms with Crippen LogP contribution in [0, 0.1) is 0 Å². The first kappa shape index (κ1) is 14.4. The maximum atomic E-state index is 12.7. The molecule has 3 rings (SSSR count). The van der Waals surface area contributed by atoms with Crippen molar-refractivity contribution >= 4 is 11.7 Å². The van der Waals surface area contributed by atoms with E-state index in [1.54, 1.807) is 6.07 Å². The lowest BCUT2D eigenvalue weighted by atomic mass is 9.92. The number of pyridine rings is 1. The Morgan fingerprint density at radius 2 is 2.00 bits per heavy atom. The summed E-state index contributed by atoms with van der Waals surface area (Å²) >= 11 is 0. The molecule has 0 unspecified atom stereocenters. The number of alkyl halides is 3. The molecule has 3 heterocycles. The van der Waals surface area contributed by atoms with Gasteiger partial charge in [0, 0.05) is 31.3 Å². The van der Waals surface area contributed by atoms with Crippen LogP contribution in [0.1, 0.15) is 17.2 Å². The SMILES string of the molecule is O=C(O)N1CC(c2ccn3c(=O)cc(C(F)(F)F)nc3c2)C1. The van der Waals surface area contributed by atoms with Gasteiger partial charge >= 0.3 is 12.3 Å². The highest BCUT2D eigenvalue weighted by atomic mass is 19.4. The quantitative estimate of drug-likeness (QED) is 0.871. The number of carbonyl (C=O) groups is 1. The van der Waals surface area contributed by atoms with Crippen molar-refractivity contribution in [3.63, 3.8) is 0 Å². The highest BCUT2D eigenvalue weighted by molar-refractivity contribution is 5.66. The van der Waals surface area contributed by atoms with E-state index in [1.807, 2.05) is 0 Å². The van der Waals surface area contributed by atoms with Gasteiger partial charge in [-0.3, -0.25) is 9.20 Å². The molecule has 2 aromatic rings. The Morgan fingerprint density at radius 3 is 2.59 bits per heavy atom. The zero-order chi connectivity index (χ0) is 16.1. The molecule has 0 radical (unpaired) electrons. The highest BCUT2D eigenvalue weighted by Crippen LogP contribution is 2.29. The number of rotatable bonds is 1. The molecule has 1 fully saturated rings. The summed E-state index contributed by atoms with van der Waals surface area (Å²) < 4.78 is 39.1. The molecule has 9 heteroatoms. The fraction of sp³-hybridized carbons (Fsp3) is 0.308. The maximum absolute atomic E-state index is 12.7. The molecule has 1 aliphatic heterocycles. The third kappa shape index (κ3) is 2.38. The first-order valence-electron chi connectivity index (χ1n) is 6.34. The van der Waals surface area contributed by atoms with Gasteiger partial charge in [0.15, 0.2) is 5.69 Å². The molecule has 0 spiro atoms. The van der Waals surface area contributed by atoms with Crippen molar-refractivity contribution < 1.29 is 23.1 Å². The average Bonchev–Trinajstić information content (AvgIpc) is 2.34. The molecular weight excluding hydrogens is 303 g/mol. The average molecular weight is 313 g/mol. The fourth-order valence-corrected chi connectivity index (χ4v) is 2.36. The van der Waals surface area contributed by atoms with Crippen molar-refractivity contribution in [2.24, 2.45) is 0 Å². The van der Waals surface area contributed by atoms with E-state index < -0.39 is 23.5 Å². The number of hydrogen-bond acceptors (Lipinski definition) is 3. The number of likely N-dealkylation sites (tertiary alicyclic amines) is 1. The monoisotopic (exact) mass is 313 g/mol. The van der Waals surface area contributed by atoms with E-state index in [-0.39, 0.29) is 24.7 Å². The second-order valence-corrected chi connectivity index (χ2v) is 5.05. The van der Waals surface area contributed by atoms with Gasteiger partial charge in [0.05, 0.1) is 0 Å². The van der Waals surface area contributed by atoms with E-state index in [1.165, 1.54) is 17.2 Å². The third-order valence-corrected chi connectivity index (χ3v) is 3.61. The summed E-state index contributed by atoms with van der Waals surface area (Å²) in [7, 11) is 0. The van der Waals surface area contributed by atoms with E-state index in [0.29, 0.717) is 11.6 Å². The van der Waals surface area contributed by atoms with Gasteiger partial charge in [-0.05, 0) is 17.7 Å². The number of amides is 1. The van der Waals surface area contributed by atoms with E-state index in [4.69, 9.17) is 5.11 Å². The van der Waals surface area contributed by atoms with Crippen LogP contribution in [0.2, 0.25) is 0 Å². The lowest BCUT2D eigenvalue weighted by Crippen LogP contribution is -2.47. The van der Waals surface area contributed by atoms with E-state index in [2.05, 4.69) is 4.98 Å². The standard InChI is InChI=1S/C13H10F3N3O3/c14-13(15,16)9-4-11(20)19-2-1-7(3-10(19)17-9)8-5-18(6-8)12(21)22/h1-4,8H,5-6H2,(H,21,22). The van der Waals surface area contributed by atoms with Crippen molar-refractivity contribution in [1.29, 1.82) is 0 Å². The Morgan fingerprint density at radius 1 is 1.32 bits per heavy atom. The Balaban J connectivity index is 1.99. The van der Waals surface area contributed by atoms with Crippen molar-refractivity contribution in [3.8, 4) is 0 Å². The summed E-state index contributed by atoms with van der Waals surface area (Å²) in [5.41, 5.74) is -1.50. The summed E-state index contributed by atoms with van der Waals surface area (Å²) in [5, 5.41) is 8.78. The minimum Gasteiger partial charge on any atom is -0.465 e. The third-order valence-electron chi connectivity index (χ3n) is 3.61. The normalized spacial score (nSPS) is 15.9. The number of nitrogens with zero attached hydrogens (tertiary/aromatic N) is 3. The second-order valence-electron chi connectivity index (χ2n) is 5.05. The largest absolute Gasteiger partial charge is 0.465 e. The lowest BCUT2D eigenvalue weighted by Gasteiger charge is -2.37. The van der Waals surface area contributed by atoms with Gasteiger partial charge in [-0.25, -0.2) is 9.78 Å². The van der Waals surface area contributed by atoms with Crippen molar-refractivity contribution in [3.05, 3.63) is 46.0 Å².